The molecule has 3 heterocycles. The number of carbonyl (C=O) groups is 1. The molecule has 0 aliphatic rings. The van der Waals surface area contributed by atoms with Crippen LogP contribution in [-0.2, 0) is 7.05 Å². The van der Waals surface area contributed by atoms with Gasteiger partial charge in [0.1, 0.15) is 10.6 Å². The predicted molar refractivity (Wildman–Crippen MR) is 95.0 cm³/mol. The van der Waals surface area contributed by atoms with E-state index in [1.165, 1.54) is 17.5 Å². The number of ether oxygens (including phenoxy) is 1. The Labute approximate surface area is 147 Å². The van der Waals surface area contributed by atoms with Crippen LogP contribution in [0.1, 0.15) is 9.67 Å². The Balaban J connectivity index is 2.00. The minimum atomic E-state index is -0.287. The molecular formula is C16H16N6O2S. The van der Waals surface area contributed by atoms with E-state index in [0.717, 1.165) is 11.1 Å². The van der Waals surface area contributed by atoms with Gasteiger partial charge in [-0.05, 0) is 12.1 Å². The highest BCUT2D eigenvalue weighted by Gasteiger charge is 2.08. The average molecular weight is 356 g/mol. The van der Waals surface area contributed by atoms with Crippen LogP contribution >= 0.6 is 11.3 Å². The zero-order valence-corrected chi connectivity index (χ0v) is 14.4. The van der Waals surface area contributed by atoms with Gasteiger partial charge in [0.15, 0.2) is 0 Å². The summed E-state index contributed by atoms with van der Waals surface area (Å²) in [5.41, 5.74) is 3.32. The summed E-state index contributed by atoms with van der Waals surface area (Å²) in [6.45, 7) is 0. The fourth-order valence-corrected chi connectivity index (χ4v) is 2.52. The summed E-state index contributed by atoms with van der Waals surface area (Å²) in [7, 11) is 3.41. The molecule has 128 valence electrons. The van der Waals surface area contributed by atoms with Crippen LogP contribution in [-0.4, -0.2) is 37.7 Å². The Hall–Kier alpha value is -3.20. The average Bonchev–Trinajstić information content (AvgIpc) is 3.28. The van der Waals surface area contributed by atoms with Crippen molar-refractivity contribution >= 4 is 23.2 Å². The number of nitrogens with one attached hydrogen (secondary N) is 2. The van der Waals surface area contributed by atoms with Gasteiger partial charge in [0.25, 0.3) is 5.91 Å². The molecule has 0 radical (unpaired) electrons. The van der Waals surface area contributed by atoms with Crippen LogP contribution in [0.5, 0.6) is 5.75 Å². The van der Waals surface area contributed by atoms with Crippen molar-refractivity contribution in [3.63, 3.8) is 0 Å². The standard InChI is InChI=1S/C16H16N6O2S/c1-22-9-12(6-20-22)11-3-4-13(24-2)7-19-16(18-5-11)21-15(23)14-8-17-10-25-14/h3-10H,1-2H3,(H2,18,19,21,23). The Kier molecular flexibility index (Phi) is 5.05. The number of hydrogen-bond donors (Lipinski definition) is 2. The zero-order valence-electron chi connectivity index (χ0n) is 13.6. The molecule has 3 aromatic heterocycles. The Morgan fingerprint density at radius 3 is 2.84 bits per heavy atom. The van der Waals surface area contributed by atoms with Crippen molar-refractivity contribution in [2.24, 2.45) is 7.05 Å². The van der Waals surface area contributed by atoms with Crippen LogP contribution in [0.2, 0.25) is 0 Å². The smallest absolute Gasteiger partial charge is 0.269 e. The molecule has 0 atom stereocenters. The summed E-state index contributed by atoms with van der Waals surface area (Å²) in [4.78, 5) is 23.9. The predicted octanol–water partition coefficient (Wildman–Crippen LogP) is 2.65. The molecule has 0 saturated heterocycles. The molecule has 3 aromatic rings. The SMILES string of the molecule is COc1ccc(-c2cnn(C)c2)cnc(NC(=O)c2cncs2)[nH]c1. The van der Waals surface area contributed by atoms with Crippen molar-refractivity contribution in [2.75, 3.05) is 12.4 Å². The van der Waals surface area contributed by atoms with Crippen LogP contribution in [0.15, 0.2) is 48.6 Å². The monoisotopic (exact) mass is 356 g/mol. The summed E-state index contributed by atoms with van der Waals surface area (Å²) in [5.74, 6) is 0.569. The number of nitrogens with zero attached hydrogens (tertiary/aromatic N) is 4. The first-order chi connectivity index (χ1) is 12.2. The number of anilines is 1. The highest BCUT2D eigenvalue weighted by atomic mass is 32.1. The Bertz CT molecular complexity index is 914. The first-order valence-electron chi connectivity index (χ1n) is 7.31. The van der Waals surface area contributed by atoms with Crippen LogP contribution in [0.4, 0.5) is 5.95 Å². The van der Waals surface area contributed by atoms with Gasteiger partial charge in [-0.3, -0.25) is 19.8 Å². The highest BCUT2D eigenvalue weighted by Crippen LogP contribution is 2.18. The fourth-order valence-electron chi connectivity index (χ4n) is 2.01. The molecule has 9 heteroatoms. The second kappa shape index (κ2) is 7.58. The number of rotatable bonds is 4. The van der Waals surface area contributed by atoms with E-state index in [9.17, 15) is 4.79 Å². The van der Waals surface area contributed by atoms with E-state index >= 15 is 0 Å². The third kappa shape index (κ3) is 4.21. The molecule has 0 spiro atoms. The first-order valence-corrected chi connectivity index (χ1v) is 8.19. The van der Waals surface area contributed by atoms with E-state index < -0.39 is 0 Å². The fraction of sp³-hybridized carbons (Fsp3) is 0.125. The Morgan fingerprint density at radius 1 is 1.28 bits per heavy atom. The lowest BCUT2D eigenvalue weighted by Gasteiger charge is -2.00. The number of carbonyl (C=O) groups excluding carboxylic acids is 1. The van der Waals surface area contributed by atoms with Gasteiger partial charge in [0.05, 0.1) is 25.0 Å². The largest absolute Gasteiger partial charge is 0.495 e. The lowest BCUT2D eigenvalue weighted by molar-refractivity contribution is 0.102. The third-order valence-electron chi connectivity index (χ3n) is 3.27. The molecule has 0 aliphatic heterocycles. The maximum absolute atomic E-state index is 12.2. The Morgan fingerprint density at radius 2 is 2.16 bits per heavy atom. The zero-order chi connectivity index (χ0) is 17.6. The maximum atomic E-state index is 12.2. The number of methoxy groups -OCH3 is 1. The van der Waals surface area contributed by atoms with Crippen molar-refractivity contribution in [2.45, 2.75) is 0 Å². The quantitative estimate of drug-likeness (QED) is 0.749. The van der Waals surface area contributed by atoms with Gasteiger partial charge in [-0.25, -0.2) is 4.98 Å². The molecule has 3 rings (SSSR count). The third-order valence-corrected chi connectivity index (χ3v) is 4.04. The number of H-pyrrole nitrogens is 1. The van der Waals surface area contributed by atoms with E-state index in [2.05, 4.69) is 25.4 Å². The number of amides is 1. The first kappa shape index (κ1) is 16.7. The van der Waals surface area contributed by atoms with E-state index in [-0.39, 0.29) is 11.9 Å². The van der Waals surface area contributed by atoms with Gasteiger partial charge in [0, 0.05) is 36.8 Å². The van der Waals surface area contributed by atoms with Gasteiger partial charge >= 0.3 is 0 Å². The number of aromatic amines is 1. The molecule has 0 saturated carbocycles. The lowest BCUT2D eigenvalue weighted by Crippen LogP contribution is -2.12. The van der Waals surface area contributed by atoms with E-state index in [4.69, 9.17) is 4.74 Å². The van der Waals surface area contributed by atoms with Crippen molar-refractivity contribution < 1.29 is 9.53 Å². The normalized spacial score (nSPS) is 10.2. The van der Waals surface area contributed by atoms with Crippen molar-refractivity contribution in [3.8, 4) is 16.9 Å². The van der Waals surface area contributed by atoms with Gasteiger partial charge < -0.3 is 9.72 Å². The van der Waals surface area contributed by atoms with Gasteiger partial charge in [0.2, 0.25) is 5.95 Å². The summed E-state index contributed by atoms with van der Waals surface area (Å²) >= 11 is 1.25. The van der Waals surface area contributed by atoms with E-state index in [0.29, 0.717) is 10.6 Å². The molecule has 0 aromatic carbocycles. The number of aryl methyl sites for hydroxylation is 1. The summed E-state index contributed by atoms with van der Waals surface area (Å²) < 4.78 is 6.99. The topological polar surface area (TPSA) is 97.7 Å². The minimum Gasteiger partial charge on any atom is -0.495 e. The van der Waals surface area contributed by atoms with Gasteiger partial charge in [-0.1, -0.05) is 0 Å². The van der Waals surface area contributed by atoms with Crippen molar-refractivity contribution in [1.82, 2.24) is 24.7 Å². The summed E-state index contributed by atoms with van der Waals surface area (Å²) in [5, 5.41) is 6.88. The highest BCUT2D eigenvalue weighted by molar-refractivity contribution is 7.11. The summed E-state index contributed by atoms with van der Waals surface area (Å²) in [6.07, 6.45) is 8.38. The molecule has 0 unspecified atom stereocenters. The molecule has 2 N–H and O–H groups in total. The van der Waals surface area contributed by atoms with Crippen LogP contribution < -0.4 is 10.1 Å². The molecule has 8 nitrogen and oxygen atoms in total. The lowest BCUT2D eigenvalue weighted by atomic mass is 10.2. The van der Waals surface area contributed by atoms with Gasteiger partial charge in [-0.15, -0.1) is 11.3 Å². The molecule has 25 heavy (non-hydrogen) atoms. The number of thiazole rings is 1. The number of hydrogen-bond acceptors (Lipinski definition) is 6. The molecule has 0 fully saturated rings. The maximum Gasteiger partial charge on any atom is 0.269 e. The molecule has 0 aliphatic carbocycles. The van der Waals surface area contributed by atoms with Crippen LogP contribution in [0.3, 0.4) is 0 Å². The molecule has 1 amide bonds. The van der Waals surface area contributed by atoms with E-state index in [1.807, 2.05) is 19.3 Å². The summed E-state index contributed by atoms with van der Waals surface area (Å²) in [6, 6.07) is 3.67. The van der Waals surface area contributed by atoms with Gasteiger partial charge in [-0.2, -0.15) is 5.10 Å². The minimum absolute atomic E-state index is 0.276. The second-order valence-electron chi connectivity index (χ2n) is 5.01. The van der Waals surface area contributed by atoms with E-state index in [1.54, 1.807) is 42.0 Å². The van der Waals surface area contributed by atoms with Crippen LogP contribution in [0.25, 0.3) is 11.1 Å². The number of aromatic nitrogens is 5. The van der Waals surface area contributed by atoms with Crippen molar-refractivity contribution in [1.29, 1.82) is 0 Å². The van der Waals surface area contributed by atoms with Crippen molar-refractivity contribution in [3.05, 3.63) is 53.5 Å². The van der Waals surface area contributed by atoms with Crippen LogP contribution in [0, 0.1) is 0 Å². The second-order valence-corrected chi connectivity index (χ2v) is 5.90. The molecule has 0 bridgehead atoms. The molecular weight excluding hydrogens is 340 g/mol.